The minimum atomic E-state index is -0.147. The average Bonchev–Trinajstić information content (AvgIpc) is 2.91. The minimum absolute atomic E-state index is 0.147. The van der Waals surface area contributed by atoms with E-state index in [1.807, 2.05) is 37.3 Å². The summed E-state index contributed by atoms with van der Waals surface area (Å²) in [6, 6.07) is 13.7. The molecule has 0 spiro atoms. The number of hydrogen-bond donors (Lipinski definition) is 1. The highest BCUT2D eigenvalue weighted by atomic mass is 16.5. The largest absolute Gasteiger partial charge is 0.497 e. The zero-order valence-electron chi connectivity index (χ0n) is 12.4. The first-order chi connectivity index (χ1) is 10.2. The summed E-state index contributed by atoms with van der Waals surface area (Å²) in [7, 11) is 1.65. The molecule has 0 saturated heterocycles. The van der Waals surface area contributed by atoms with Crippen LogP contribution in [0.15, 0.2) is 42.5 Å². The summed E-state index contributed by atoms with van der Waals surface area (Å²) in [4.78, 5) is 7.90. The van der Waals surface area contributed by atoms with Gasteiger partial charge in [-0.15, -0.1) is 0 Å². The molecule has 1 unspecified atom stereocenters. The van der Waals surface area contributed by atoms with Crippen molar-refractivity contribution < 1.29 is 9.47 Å². The van der Waals surface area contributed by atoms with Gasteiger partial charge in [-0.1, -0.05) is 6.07 Å². The van der Waals surface area contributed by atoms with Gasteiger partial charge < -0.3 is 14.5 Å². The van der Waals surface area contributed by atoms with Crippen LogP contribution in [0.3, 0.4) is 0 Å². The van der Waals surface area contributed by atoms with Gasteiger partial charge in [-0.25, -0.2) is 4.98 Å². The van der Waals surface area contributed by atoms with E-state index in [2.05, 4.69) is 29.0 Å². The molecule has 4 heteroatoms. The number of aromatic amines is 1. The van der Waals surface area contributed by atoms with Crippen molar-refractivity contribution in [2.45, 2.75) is 20.0 Å². The Morgan fingerprint density at radius 2 is 1.76 bits per heavy atom. The Morgan fingerprint density at radius 3 is 2.48 bits per heavy atom. The van der Waals surface area contributed by atoms with Crippen molar-refractivity contribution in [3.8, 4) is 11.5 Å². The number of aryl methyl sites for hydroxylation is 1. The Labute approximate surface area is 123 Å². The van der Waals surface area contributed by atoms with Crippen molar-refractivity contribution in [3.05, 3.63) is 53.9 Å². The highest BCUT2D eigenvalue weighted by Crippen LogP contribution is 2.24. The molecule has 21 heavy (non-hydrogen) atoms. The number of aromatic nitrogens is 2. The molecule has 1 aromatic heterocycles. The fraction of sp³-hybridized carbons (Fsp3) is 0.235. The van der Waals surface area contributed by atoms with Gasteiger partial charge >= 0.3 is 0 Å². The summed E-state index contributed by atoms with van der Waals surface area (Å²) in [6.45, 7) is 4.05. The number of H-pyrrole nitrogens is 1. The van der Waals surface area contributed by atoms with Crippen LogP contribution in [0.25, 0.3) is 11.0 Å². The molecule has 0 aliphatic rings. The number of benzene rings is 2. The number of methoxy groups -OCH3 is 1. The van der Waals surface area contributed by atoms with Gasteiger partial charge in [-0.2, -0.15) is 0 Å². The minimum Gasteiger partial charge on any atom is -0.497 e. The Bertz CT molecular complexity index is 747. The molecule has 1 atom stereocenters. The number of nitrogens with one attached hydrogen (secondary N) is 1. The van der Waals surface area contributed by atoms with E-state index in [4.69, 9.17) is 9.47 Å². The second-order valence-corrected chi connectivity index (χ2v) is 5.08. The van der Waals surface area contributed by atoms with Crippen LogP contribution >= 0.6 is 0 Å². The summed E-state index contributed by atoms with van der Waals surface area (Å²) in [5.74, 6) is 2.43. The highest BCUT2D eigenvalue weighted by molar-refractivity contribution is 5.75. The molecule has 3 aromatic rings. The van der Waals surface area contributed by atoms with Crippen molar-refractivity contribution in [1.29, 1.82) is 0 Å². The van der Waals surface area contributed by atoms with E-state index < -0.39 is 0 Å². The lowest BCUT2D eigenvalue weighted by Gasteiger charge is -2.12. The fourth-order valence-corrected chi connectivity index (χ4v) is 2.25. The molecule has 4 nitrogen and oxygen atoms in total. The van der Waals surface area contributed by atoms with Crippen LogP contribution in [0, 0.1) is 6.92 Å². The van der Waals surface area contributed by atoms with Crippen LogP contribution in [0.4, 0.5) is 0 Å². The van der Waals surface area contributed by atoms with E-state index in [0.717, 1.165) is 28.4 Å². The number of ether oxygens (including phenoxy) is 2. The van der Waals surface area contributed by atoms with Crippen molar-refractivity contribution >= 4 is 11.0 Å². The van der Waals surface area contributed by atoms with Crippen molar-refractivity contribution in [1.82, 2.24) is 9.97 Å². The number of hydrogen-bond acceptors (Lipinski definition) is 3. The standard InChI is InChI=1S/C17H18N2O2/c1-11-4-9-15-16(10-11)19-17(18-15)12(2)21-14-7-5-13(20-3)6-8-14/h4-10,12H,1-3H3,(H,18,19). The van der Waals surface area contributed by atoms with E-state index in [1.165, 1.54) is 5.56 Å². The maximum Gasteiger partial charge on any atom is 0.153 e. The third-order valence-electron chi connectivity index (χ3n) is 3.41. The predicted molar refractivity (Wildman–Crippen MR) is 82.9 cm³/mol. The van der Waals surface area contributed by atoms with Crippen molar-refractivity contribution in [3.63, 3.8) is 0 Å². The first-order valence-electron chi connectivity index (χ1n) is 6.92. The van der Waals surface area contributed by atoms with Crippen LogP contribution in [0.2, 0.25) is 0 Å². The lowest BCUT2D eigenvalue weighted by Crippen LogP contribution is -2.04. The lowest BCUT2D eigenvalue weighted by molar-refractivity contribution is 0.217. The van der Waals surface area contributed by atoms with Crippen molar-refractivity contribution in [2.75, 3.05) is 7.11 Å². The zero-order valence-corrected chi connectivity index (χ0v) is 12.4. The molecule has 2 aromatic carbocycles. The normalized spacial score (nSPS) is 12.3. The molecule has 0 aliphatic carbocycles. The van der Waals surface area contributed by atoms with Gasteiger partial charge in [0.2, 0.25) is 0 Å². The van der Waals surface area contributed by atoms with Crippen LogP contribution in [-0.2, 0) is 0 Å². The molecule has 1 N–H and O–H groups in total. The Morgan fingerprint density at radius 1 is 1.05 bits per heavy atom. The second-order valence-electron chi connectivity index (χ2n) is 5.08. The fourth-order valence-electron chi connectivity index (χ4n) is 2.25. The van der Waals surface area contributed by atoms with E-state index in [-0.39, 0.29) is 6.10 Å². The first-order valence-corrected chi connectivity index (χ1v) is 6.92. The maximum absolute atomic E-state index is 5.91. The Kier molecular flexibility index (Phi) is 3.52. The number of fused-ring (bicyclic) bond motifs is 1. The quantitative estimate of drug-likeness (QED) is 0.786. The smallest absolute Gasteiger partial charge is 0.153 e. The molecule has 0 fully saturated rings. The van der Waals surface area contributed by atoms with Gasteiger partial charge in [0.15, 0.2) is 6.10 Å². The summed E-state index contributed by atoms with van der Waals surface area (Å²) in [5, 5.41) is 0. The summed E-state index contributed by atoms with van der Waals surface area (Å²) >= 11 is 0. The van der Waals surface area contributed by atoms with E-state index in [0.29, 0.717) is 0 Å². The number of rotatable bonds is 4. The molecule has 0 radical (unpaired) electrons. The Hall–Kier alpha value is -2.49. The van der Waals surface area contributed by atoms with Gasteiger partial charge in [-0.05, 0) is 55.8 Å². The Balaban J connectivity index is 1.80. The van der Waals surface area contributed by atoms with Crippen LogP contribution in [0.5, 0.6) is 11.5 Å². The van der Waals surface area contributed by atoms with Gasteiger partial charge in [0.1, 0.15) is 17.3 Å². The average molecular weight is 282 g/mol. The molecular formula is C17H18N2O2. The van der Waals surface area contributed by atoms with Gasteiger partial charge in [0, 0.05) is 0 Å². The van der Waals surface area contributed by atoms with E-state index in [9.17, 15) is 0 Å². The first kappa shape index (κ1) is 13.5. The predicted octanol–water partition coefficient (Wildman–Crippen LogP) is 4.02. The lowest BCUT2D eigenvalue weighted by atomic mass is 10.2. The molecular weight excluding hydrogens is 264 g/mol. The molecule has 0 bridgehead atoms. The summed E-state index contributed by atoms with van der Waals surface area (Å²) < 4.78 is 11.0. The molecule has 0 amide bonds. The van der Waals surface area contributed by atoms with Crippen molar-refractivity contribution in [2.24, 2.45) is 0 Å². The summed E-state index contributed by atoms with van der Waals surface area (Å²) in [6.07, 6.45) is -0.147. The van der Waals surface area contributed by atoms with Gasteiger partial charge in [0.25, 0.3) is 0 Å². The topological polar surface area (TPSA) is 47.1 Å². The van der Waals surface area contributed by atoms with Crippen LogP contribution < -0.4 is 9.47 Å². The molecule has 0 saturated carbocycles. The molecule has 0 aliphatic heterocycles. The van der Waals surface area contributed by atoms with Crippen LogP contribution in [-0.4, -0.2) is 17.1 Å². The molecule has 1 heterocycles. The third kappa shape index (κ3) is 2.84. The monoisotopic (exact) mass is 282 g/mol. The second kappa shape index (κ2) is 5.48. The van der Waals surface area contributed by atoms with E-state index >= 15 is 0 Å². The van der Waals surface area contributed by atoms with E-state index in [1.54, 1.807) is 7.11 Å². The molecule has 108 valence electrons. The third-order valence-corrected chi connectivity index (χ3v) is 3.41. The highest BCUT2D eigenvalue weighted by Gasteiger charge is 2.12. The number of nitrogens with zero attached hydrogens (tertiary/aromatic N) is 1. The number of imidazole rings is 1. The van der Waals surface area contributed by atoms with Crippen LogP contribution in [0.1, 0.15) is 24.4 Å². The maximum atomic E-state index is 5.91. The zero-order chi connectivity index (χ0) is 14.8. The van der Waals surface area contributed by atoms with Gasteiger partial charge in [0.05, 0.1) is 18.1 Å². The SMILES string of the molecule is COc1ccc(OC(C)c2nc3ccc(C)cc3[nH]2)cc1. The summed E-state index contributed by atoms with van der Waals surface area (Å²) in [5.41, 5.74) is 3.21. The van der Waals surface area contributed by atoms with Gasteiger partial charge in [-0.3, -0.25) is 0 Å². The molecule has 3 rings (SSSR count).